The van der Waals surface area contributed by atoms with Gasteiger partial charge >= 0.3 is 0 Å². The van der Waals surface area contributed by atoms with Gasteiger partial charge in [-0.3, -0.25) is 71.9 Å². The van der Waals surface area contributed by atoms with Crippen molar-refractivity contribution < 1.29 is 71.9 Å². The Kier molecular flexibility index (Phi) is 54.4. The van der Waals surface area contributed by atoms with Crippen LogP contribution in [-0.4, -0.2) is 226 Å². The van der Waals surface area contributed by atoms with E-state index >= 15 is 0 Å². The highest BCUT2D eigenvalue weighted by Crippen LogP contribution is 2.17. The lowest BCUT2D eigenvalue weighted by Gasteiger charge is -2.29. The average molecular weight is 1690 g/mol. The summed E-state index contributed by atoms with van der Waals surface area (Å²) in [7, 11) is 0. The zero-order valence-corrected chi connectivity index (χ0v) is 71.3. The summed E-state index contributed by atoms with van der Waals surface area (Å²) in [6.45, 7) is 10.7. The van der Waals surface area contributed by atoms with Crippen LogP contribution in [0.4, 0.5) is 0 Å². The second kappa shape index (κ2) is 61.5. The molecule has 32 N–H and O–H groups in total. The Morgan fingerprint density at radius 3 is 0.883 bits per heavy atom. The van der Waals surface area contributed by atoms with E-state index in [0.717, 1.165) is 0 Å². The smallest absolute Gasteiger partial charge is 0.243 e. The summed E-state index contributed by atoms with van der Waals surface area (Å²) in [5, 5.41) is 37.9. The fourth-order valence-electron chi connectivity index (χ4n) is 12.9. The molecule has 2 rings (SSSR count). The molecular formula is C82H143N23O15. The molecule has 0 aliphatic rings. The van der Waals surface area contributed by atoms with Gasteiger partial charge in [-0.1, -0.05) is 94.8 Å². The molecule has 0 aliphatic carbocycles. The molecule has 0 spiro atoms. The van der Waals surface area contributed by atoms with E-state index < -0.39 is 174 Å². The molecule has 0 unspecified atom stereocenters. The number of hydrogen-bond donors (Lipinski definition) is 23. The molecule has 2 aromatic rings. The first-order valence-electron chi connectivity index (χ1n) is 42.5. The molecule has 0 saturated carbocycles. The predicted octanol–water partition coefficient (Wildman–Crippen LogP) is -3.63. The molecule has 0 aromatic heterocycles. The van der Waals surface area contributed by atoms with Crippen LogP contribution < -0.4 is 126 Å². The third-order valence-electron chi connectivity index (χ3n) is 20.2. The van der Waals surface area contributed by atoms with Crippen LogP contribution in [0.5, 0.6) is 0 Å². The Morgan fingerprint density at radius 2 is 0.567 bits per heavy atom. The SMILES string of the molecule is CC[C@H](C)[C@H](NC(=O)CN)C(=O)N[C@@H](CCCCN)C(=O)N[C@@H](CCCCN)C(=O)N[C@@H](Cc1ccccc1)C(=O)N[C@@H](CC(C)C)C(=O)N[C@@H](CCCCN)C(=O)N[C@@H](CCCCN)C(=O)N[C@@H](C)C(=O)N[C@@H](CCCCN)C(=O)N[C@@H](CCCCN)C(=O)N[C@@H](Cc1ccccc1)C(=O)NCC(=O)N[C@@H](CCCCN)C(=O)N[C@@H](C)C(N)=O. The van der Waals surface area contributed by atoms with Crippen molar-refractivity contribution in [3.8, 4) is 0 Å². The number of nitrogens with one attached hydrogen (secondary N) is 14. The van der Waals surface area contributed by atoms with Crippen LogP contribution >= 0.6 is 0 Å². The van der Waals surface area contributed by atoms with Crippen molar-refractivity contribution in [2.24, 2.45) is 63.4 Å². The zero-order valence-electron chi connectivity index (χ0n) is 71.3. The molecule has 676 valence electrons. The van der Waals surface area contributed by atoms with Crippen molar-refractivity contribution in [1.29, 1.82) is 0 Å². The van der Waals surface area contributed by atoms with E-state index in [9.17, 15) is 71.9 Å². The van der Waals surface area contributed by atoms with Gasteiger partial charge in [-0.05, 0) is 224 Å². The van der Waals surface area contributed by atoms with Gasteiger partial charge in [0.2, 0.25) is 88.6 Å². The van der Waals surface area contributed by atoms with E-state index in [0.29, 0.717) is 121 Å². The summed E-state index contributed by atoms with van der Waals surface area (Å²) in [4.78, 5) is 210. The molecule has 0 fully saturated rings. The Labute approximate surface area is 706 Å². The van der Waals surface area contributed by atoms with Crippen molar-refractivity contribution in [1.82, 2.24) is 74.4 Å². The minimum Gasteiger partial charge on any atom is -0.368 e. The van der Waals surface area contributed by atoms with Crippen molar-refractivity contribution in [2.75, 3.05) is 58.9 Å². The van der Waals surface area contributed by atoms with Gasteiger partial charge in [-0.2, -0.15) is 0 Å². The molecule has 38 nitrogen and oxygen atoms in total. The topological polar surface area (TPSA) is 659 Å². The number of rotatable bonds is 65. The average Bonchev–Trinajstić information content (AvgIpc) is 0.852. The number of benzene rings is 2. The maximum atomic E-state index is 14.9. The van der Waals surface area contributed by atoms with Crippen LogP contribution in [0.25, 0.3) is 0 Å². The lowest BCUT2D eigenvalue weighted by molar-refractivity contribution is -0.136. The van der Waals surface area contributed by atoms with Crippen LogP contribution in [0.15, 0.2) is 60.7 Å². The maximum Gasteiger partial charge on any atom is 0.243 e. The largest absolute Gasteiger partial charge is 0.368 e. The fraction of sp³-hybridized carbons (Fsp3) is 0.671. The molecule has 0 bridgehead atoms. The summed E-state index contributed by atoms with van der Waals surface area (Å²) in [6.07, 6.45) is 6.35. The molecule has 0 saturated heterocycles. The number of carbonyl (C=O) groups excluding carboxylic acids is 15. The van der Waals surface area contributed by atoms with Crippen LogP contribution in [0, 0.1) is 11.8 Å². The second-order valence-electron chi connectivity index (χ2n) is 30.9. The van der Waals surface area contributed by atoms with E-state index in [-0.39, 0.29) is 115 Å². The molecule has 2 aromatic carbocycles. The van der Waals surface area contributed by atoms with Crippen LogP contribution in [0.1, 0.15) is 200 Å². The van der Waals surface area contributed by atoms with Gasteiger partial charge in [0, 0.05) is 12.8 Å². The first kappa shape index (κ1) is 106. The van der Waals surface area contributed by atoms with Crippen LogP contribution in [0.2, 0.25) is 0 Å². The summed E-state index contributed by atoms with van der Waals surface area (Å²) >= 11 is 0. The van der Waals surface area contributed by atoms with Gasteiger partial charge < -0.3 is 126 Å². The quantitative estimate of drug-likeness (QED) is 0.0284. The van der Waals surface area contributed by atoms with Gasteiger partial charge in [0.15, 0.2) is 0 Å². The highest BCUT2D eigenvalue weighted by atomic mass is 16.2. The van der Waals surface area contributed by atoms with Crippen molar-refractivity contribution in [2.45, 2.75) is 281 Å². The van der Waals surface area contributed by atoms with Crippen molar-refractivity contribution in [3.05, 3.63) is 71.8 Å². The first-order chi connectivity index (χ1) is 57.3. The van der Waals surface area contributed by atoms with Gasteiger partial charge in [-0.25, -0.2) is 0 Å². The van der Waals surface area contributed by atoms with E-state index in [1.165, 1.54) is 13.8 Å². The molecule has 120 heavy (non-hydrogen) atoms. The number of primary amides is 1. The van der Waals surface area contributed by atoms with E-state index in [2.05, 4.69) is 74.4 Å². The third kappa shape index (κ3) is 42.9. The summed E-state index contributed by atoms with van der Waals surface area (Å²) in [5.74, 6) is -12.0. The first-order valence-corrected chi connectivity index (χ1v) is 42.5. The fourth-order valence-corrected chi connectivity index (χ4v) is 12.9. The minimum absolute atomic E-state index is 0.00356. The van der Waals surface area contributed by atoms with Gasteiger partial charge in [-0.15, -0.1) is 0 Å². The van der Waals surface area contributed by atoms with E-state index in [1.54, 1.807) is 67.6 Å². The summed E-state index contributed by atoms with van der Waals surface area (Å²) in [6, 6.07) is 0.914. The van der Waals surface area contributed by atoms with Crippen LogP contribution in [-0.2, 0) is 84.8 Å². The van der Waals surface area contributed by atoms with Gasteiger partial charge in [0.25, 0.3) is 0 Å². The number of amides is 15. The summed E-state index contributed by atoms with van der Waals surface area (Å²) < 4.78 is 0. The standard InChI is InChI=1S/C82H143N23O15/c1-7-52(4)69(105-67(106)49-90)82(120)101-63(38-20-27-45-89)77(115)99-62(37-19-26-44-88)79(117)104-66(48-56-30-12-9-13-31-56)81(119)102-64(46-51(2)3)80(118)100-60(35-17-24-42-86)76(114)97-58(33-15-22-40-84)74(112)94-54(6)71(109)96-59(34-16-23-41-85)75(113)98-61(36-18-25-43-87)78(116)103-65(47-55-28-10-8-11-29-55)72(110)92-50-68(107)95-57(32-14-21-39-83)73(111)93-53(5)70(91)108/h8-13,28-31,51-54,57-66,69H,7,14-27,32-50,83-90H2,1-6H3,(H2,91,108)(H,92,110)(H,93,111)(H,94,112)(H,95,107)(H,96,109)(H,97,114)(H,98,113)(H,99,115)(H,100,118)(H,101,120)(H,102,119)(H,103,116)(H,104,117)(H,105,106)/t52-,53-,54-,57-,58-,59-,60-,61-,62-,63-,64-,65-,66-,69-/m0/s1. The lowest BCUT2D eigenvalue weighted by Crippen LogP contribution is -2.61. The highest BCUT2D eigenvalue weighted by Gasteiger charge is 2.38. The molecular weight excluding hydrogens is 1550 g/mol. The van der Waals surface area contributed by atoms with E-state index in [1.807, 2.05) is 20.8 Å². The molecule has 14 atom stereocenters. The number of nitrogens with two attached hydrogens (primary N) is 9. The van der Waals surface area contributed by atoms with Crippen molar-refractivity contribution in [3.63, 3.8) is 0 Å². The Hall–Kier alpha value is -9.83. The predicted molar refractivity (Wildman–Crippen MR) is 457 cm³/mol. The second-order valence-corrected chi connectivity index (χ2v) is 30.9. The van der Waals surface area contributed by atoms with Gasteiger partial charge in [0.1, 0.15) is 78.5 Å². The van der Waals surface area contributed by atoms with Gasteiger partial charge in [0.05, 0.1) is 13.1 Å². The zero-order chi connectivity index (χ0) is 89.5. The maximum absolute atomic E-state index is 14.9. The monoisotopic (exact) mass is 1690 g/mol. The molecule has 0 heterocycles. The molecule has 15 amide bonds. The molecule has 38 heteroatoms. The summed E-state index contributed by atoms with van der Waals surface area (Å²) in [5.41, 5.74) is 53.1. The minimum atomic E-state index is -1.38. The lowest BCUT2D eigenvalue weighted by atomic mass is 9.97. The van der Waals surface area contributed by atoms with Crippen LogP contribution in [0.3, 0.4) is 0 Å². The van der Waals surface area contributed by atoms with Crippen molar-refractivity contribution >= 4 is 88.6 Å². The van der Waals surface area contributed by atoms with E-state index in [4.69, 9.17) is 51.6 Å². The normalized spacial score (nSPS) is 14.7. The highest BCUT2D eigenvalue weighted by molar-refractivity contribution is 6.00. The number of unbranched alkanes of at least 4 members (excludes halogenated alkanes) is 7. The number of carbonyl (C=O) groups is 15. The Bertz CT molecular complexity index is 3460. The molecule has 0 aliphatic heterocycles. The third-order valence-corrected chi connectivity index (χ3v) is 20.2. The Morgan fingerprint density at radius 1 is 0.292 bits per heavy atom. The molecule has 0 radical (unpaired) electrons. The Balaban J connectivity index is 2.54. The number of hydrogen-bond acceptors (Lipinski definition) is 23.